The molecule has 35 heavy (non-hydrogen) atoms. The SMILES string of the molecule is Cc1nc(-c2ncc(C)[nH]2)cc(C2CCN(C(=O)c3ccnc(Cc4cccc(F)c4)c3)CC2)n1. The third kappa shape index (κ3) is 5.26. The summed E-state index contributed by atoms with van der Waals surface area (Å²) in [5.74, 6) is 1.44. The van der Waals surface area contributed by atoms with Crippen molar-refractivity contribution in [2.75, 3.05) is 13.1 Å². The Balaban J connectivity index is 1.25. The van der Waals surface area contributed by atoms with E-state index >= 15 is 0 Å². The number of aryl methyl sites for hydroxylation is 2. The molecule has 4 aromatic rings. The summed E-state index contributed by atoms with van der Waals surface area (Å²) in [5, 5.41) is 0. The molecule has 0 spiro atoms. The zero-order chi connectivity index (χ0) is 24.4. The van der Waals surface area contributed by atoms with Crippen LogP contribution in [-0.2, 0) is 6.42 Å². The molecule has 4 heterocycles. The molecule has 3 aromatic heterocycles. The number of H-pyrrole nitrogens is 1. The van der Waals surface area contributed by atoms with Gasteiger partial charge in [-0.2, -0.15) is 0 Å². The standard InChI is InChI=1S/C27H27FN6O/c1-17-16-30-26(31-17)25-15-24(32-18(2)33-25)20-7-10-34(11-8-20)27(35)21-6-9-29-23(14-21)13-19-4-3-5-22(28)12-19/h3-6,9,12,14-16,20H,7-8,10-11,13H2,1-2H3,(H,30,31). The van der Waals surface area contributed by atoms with Crippen LogP contribution in [0.1, 0.15) is 57.6 Å². The number of piperidine rings is 1. The quantitative estimate of drug-likeness (QED) is 0.460. The summed E-state index contributed by atoms with van der Waals surface area (Å²) in [5.41, 5.74) is 4.95. The lowest BCUT2D eigenvalue weighted by Gasteiger charge is -2.32. The maximum atomic E-state index is 13.5. The van der Waals surface area contributed by atoms with Crippen LogP contribution in [0.3, 0.4) is 0 Å². The van der Waals surface area contributed by atoms with Crippen LogP contribution in [0.15, 0.2) is 54.9 Å². The van der Waals surface area contributed by atoms with E-state index in [0.29, 0.717) is 30.9 Å². The molecule has 1 fully saturated rings. The predicted molar refractivity (Wildman–Crippen MR) is 130 cm³/mol. The monoisotopic (exact) mass is 470 g/mol. The molecule has 8 heteroatoms. The van der Waals surface area contributed by atoms with Crippen LogP contribution < -0.4 is 0 Å². The topological polar surface area (TPSA) is 87.7 Å². The molecule has 0 unspecified atom stereocenters. The summed E-state index contributed by atoms with van der Waals surface area (Å²) < 4.78 is 13.5. The van der Waals surface area contributed by atoms with Gasteiger partial charge in [-0.15, -0.1) is 0 Å². The first-order valence-electron chi connectivity index (χ1n) is 11.8. The summed E-state index contributed by atoms with van der Waals surface area (Å²) in [6.07, 6.45) is 5.58. The largest absolute Gasteiger partial charge is 0.341 e. The predicted octanol–water partition coefficient (Wildman–Crippen LogP) is 4.63. The van der Waals surface area contributed by atoms with Crippen LogP contribution in [0.5, 0.6) is 0 Å². The van der Waals surface area contributed by atoms with Gasteiger partial charge in [-0.25, -0.2) is 19.3 Å². The molecule has 0 radical (unpaired) electrons. The second-order valence-corrected chi connectivity index (χ2v) is 9.05. The Morgan fingerprint density at radius 3 is 2.66 bits per heavy atom. The summed E-state index contributed by atoms with van der Waals surface area (Å²) >= 11 is 0. The van der Waals surface area contributed by atoms with E-state index in [1.807, 2.05) is 36.9 Å². The van der Waals surface area contributed by atoms with Gasteiger partial charge in [0.2, 0.25) is 0 Å². The van der Waals surface area contributed by atoms with Crippen LogP contribution in [0.2, 0.25) is 0 Å². The first kappa shape index (κ1) is 22.8. The maximum absolute atomic E-state index is 13.5. The summed E-state index contributed by atoms with van der Waals surface area (Å²) in [6.45, 7) is 5.17. The number of likely N-dealkylation sites (tertiary alicyclic amines) is 1. The average molecular weight is 471 g/mol. The minimum Gasteiger partial charge on any atom is -0.341 e. The lowest BCUT2D eigenvalue weighted by Crippen LogP contribution is -2.38. The number of hydrogen-bond acceptors (Lipinski definition) is 5. The number of hydrogen-bond donors (Lipinski definition) is 1. The Morgan fingerprint density at radius 1 is 1.09 bits per heavy atom. The lowest BCUT2D eigenvalue weighted by atomic mass is 9.92. The minimum absolute atomic E-state index is 0.00281. The number of carbonyl (C=O) groups is 1. The van der Waals surface area contributed by atoms with Crippen LogP contribution in [-0.4, -0.2) is 48.8 Å². The van der Waals surface area contributed by atoms with Crippen molar-refractivity contribution in [3.8, 4) is 11.5 Å². The van der Waals surface area contributed by atoms with Gasteiger partial charge in [-0.1, -0.05) is 12.1 Å². The van der Waals surface area contributed by atoms with E-state index < -0.39 is 0 Å². The molecule has 7 nitrogen and oxygen atoms in total. The van der Waals surface area contributed by atoms with Gasteiger partial charge in [0.1, 0.15) is 17.3 Å². The molecule has 0 saturated carbocycles. The third-order valence-electron chi connectivity index (χ3n) is 6.34. The highest BCUT2D eigenvalue weighted by Crippen LogP contribution is 2.29. The van der Waals surface area contributed by atoms with Crippen LogP contribution >= 0.6 is 0 Å². The van der Waals surface area contributed by atoms with Crippen LogP contribution in [0.4, 0.5) is 4.39 Å². The number of halogens is 1. The van der Waals surface area contributed by atoms with Crippen LogP contribution in [0.25, 0.3) is 11.5 Å². The fourth-order valence-electron chi connectivity index (χ4n) is 4.59. The van der Waals surface area contributed by atoms with Crippen molar-refractivity contribution in [1.82, 2.24) is 29.8 Å². The Kier molecular flexibility index (Phi) is 6.35. The summed E-state index contributed by atoms with van der Waals surface area (Å²) in [7, 11) is 0. The normalized spacial score (nSPS) is 14.3. The molecule has 1 aliphatic heterocycles. The van der Waals surface area contributed by atoms with Crippen molar-refractivity contribution in [2.24, 2.45) is 0 Å². The first-order valence-corrected chi connectivity index (χ1v) is 11.8. The third-order valence-corrected chi connectivity index (χ3v) is 6.34. The molecule has 1 N–H and O–H groups in total. The van der Waals surface area contributed by atoms with E-state index in [-0.39, 0.29) is 17.6 Å². The Bertz CT molecular complexity index is 1360. The van der Waals surface area contributed by atoms with E-state index in [1.165, 1.54) is 12.1 Å². The first-order chi connectivity index (χ1) is 16.9. The van der Waals surface area contributed by atoms with E-state index in [1.54, 1.807) is 24.5 Å². The molecule has 5 rings (SSSR count). The number of benzene rings is 1. The molecule has 1 amide bonds. The van der Waals surface area contributed by atoms with Gasteiger partial charge in [-0.3, -0.25) is 9.78 Å². The fourth-order valence-corrected chi connectivity index (χ4v) is 4.59. The minimum atomic E-state index is -0.275. The van der Waals surface area contributed by atoms with E-state index in [9.17, 15) is 9.18 Å². The van der Waals surface area contributed by atoms with Crippen molar-refractivity contribution < 1.29 is 9.18 Å². The molecule has 0 atom stereocenters. The van der Waals surface area contributed by atoms with Crippen molar-refractivity contribution in [1.29, 1.82) is 0 Å². The smallest absolute Gasteiger partial charge is 0.253 e. The van der Waals surface area contributed by atoms with Gasteiger partial charge in [0.05, 0.1) is 0 Å². The van der Waals surface area contributed by atoms with Crippen LogP contribution in [0, 0.1) is 19.7 Å². The number of aromatic amines is 1. The second-order valence-electron chi connectivity index (χ2n) is 9.05. The van der Waals surface area contributed by atoms with Gasteiger partial charge in [0.25, 0.3) is 5.91 Å². The van der Waals surface area contributed by atoms with E-state index in [0.717, 1.165) is 47.0 Å². The molecule has 1 aromatic carbocycles. The lowest BCUT2D eigenvalue weighted by molar-refractivity contribution is 0.0711. The number of aromatic nitrogens is 5. The van der Waals surface area contributed by atoms with Crippen molar-refractivity contribution in [3.05, 3.63) is 94.7 Å². The number of carbonyl (C=O) groups excluding carboxylic acids is 1. The molecule has 1 aliphatic rings. The average Bonchev–Trinajstić information content (AvgIpc) is 3.30. The molecule has 0 bridgehead atoms. The Labute approximate surface area is 203 Å². The van der Waals surface area contributed by atoms with Gasteiger partial charge in [0.15, 0.2) is 5.82 Å². The van der Waals surface area contributed by atoms with Crippen molar-refractivity contribution in [2.45, 2.75) is 39.0 Å². The number of nitrogens with one attached hydrogen (secondary N) is 1. The Hall–Kier alpha value is -3.94. The number of pyridine rings is 1. The van der Waals surface area contributed by atoms with Gasteiger partial charge >= 0.3 is 0 Å². The zero-order valence-electron chi connectivity index (χ0n) is 19.8. The Morgan fingerprint density at radius 2 is 1.91 bits per heavy atom. The van der Waals surface area contributed by atoms with Gasteiger partial charge < -0.3 is 9.88 Å². The molecular weight excluding hydrogens is 443 g/mol. The van der Waals surface area contributed by atoms with E-state index in [2.05, 4.69) is 24.9 Å². The molecule has 178 valence electrons. The highest BCUT2D eigenvalue weighted by atomic mass is 19.1. The van der Waals surface area contributed by atoms with Crippen molar-refractivity contribution >= 4 is 5.91 Å². The highest BCUT2D eigenvalue weighted by molar-refractivity contribution is 5.94. The summed E-state index contributed by atoms with van der Waals surface area (Å²) in [4.78, 5) is 36.3. The van der Waals surface area contributed by atoms with E-state index in [4.69, 9.17) is 0 Å². The fraction of sp³-hybridized carbons (Fsp3) is 0.296. The number of imidazole rings is 1. The van der Waals surface area contributed by atoms with Gasteiger partial charge in [0, 0.05) is 60.5 Å². The molecule has 1 saturated heterocycles. The number of rotatable bonds is 5. The number of amides is 1. The highest BCUT2D eigenvalue weighted by Gasteiger charge is 2.26. The second kappa shape index (κ2) is 9.74. The van der Waals surface area contributed by atoms with Crippen molar-refractivity contribution in [3.63, 3.8) is 0 Å². The number of nitrogens with zero attached hydrogens (tertiary/aromatic N) is 5. The summed E-state index contributed by atoms with van der Waals surface area (Å²) in [6, 6.07) is 12.0. The zero-order valence-corrected chi connectivity index (χ0v) is 19.8. The van der Waals surface area contributed by atoms with Gasteiger partial charge in [-0.05, 0) is 62.6 Å². The molecular formula is C27H27FN6O. The maximum Gasteiger partial charge on any atom is 0.253 e. The molecule has 0 aliphatic carbocycles.